The summed E-state index contributed by atoms with van der Waals surface area (Å²) in [6, 6.07) is 5.12. The van der Waals surface area contributed by atoms with Gasteiger partial charge in [-0.3, -0.25) is 10.0 Å². The van der Waals surface area contributed by atoms with Crippen molar-refractivity contribution in [1.29, 1.82) is 0 Å². The number of benzene rings is 2. The maximum Gasteiger partial charge on any atom is 0.410 e. The SMILES string of the molecule is CC(C)(C)OC(=O)N1CCN(S(=O)(=O)c2cc(F)c(Oc3ccc(Cl)cc3)c(F)c2)[C@H](C(=O)NO)C1. The van der Waals surface area contributed by atoms with Gasteiger partial charge in [-0.2, -0.15) is 4.31 Å². The number of hydrogen-bond donors (Lipinski definition) is 2. The van der Waals surface area contributed by atoms with Crippen LogP contribution in [0.4, 0.5) is 13.6 Å². The first-order chi connectivity index (χ1) is 16.7. The molecular formula is C22H24ClF2N3O7S. The average Bonchev–Trinajstić information content (AvgIpc) is 2.80. The molecule has 2 aromatic carbocycles. The number of nitrogens with zero attached hydrogens (tertiary/aromatic N) is 2. The number of carbonyl (C=O) groups excluding carboxylic acids is 2. The third kappa shape index (κ3) is 6.22. The van der Waals surface area contributed by atoms with Crippen molar-refractivity contribution >= 4 is 33.6 Å². The number of hydrogen-bond acceptors (Lipinski definition) is 7. The predicted octanol–water partition coefficient (Wildman–Crippen LogP) is 3.53. The molecule has 1 saturated heterocycles. The number of nitrogens with one attached hydrogen (secondary N) is 1. The summed E-state index contributed by atoms with van der Waals surface area (Å²) in [7, 11) is -4.66. The summed E-state index contributed by atoms with van der Waals surface area (Å²) in [5, 5.41) is 9.51. The molecule has 0 aliphatic carbocycles. The lowest BCUT2D eigenvalue weighted by molar-refractivity contribution is -0.134. The summed E-state index contributed by atoms with van der Waals surface area (Å²) in [5.74, 6) is -4.53. The number of amides is 2. The summed E-state index contributed by atoms with van der Waals surface area (Å²) in [6.07, 6.45) is -0.795. The molecule has 2 amide bonds. The number of sulfonamides is 1. The second-order valence-electron chi connectivity index (χ2n) is 8.81. The summed E-state index contributed by atoms with van der Waals surface area (Å²) in [5.41, 5.74) is 0.510. The monoisotopic (exact) mass is 547 g/mol. The molecule has 2 aromatic rings. The molecule has 1 atom stereocenters. The van der Waals surface area contributed by atoms with Gasteiger partial charge in [0.15, 0.2) is 17.4 Å². The zero-order valence-corrected chi connectivity index (χ0v) is 21.1. The van der Waals surface area contributed by atoms with Gasteiger partial charge in [0, 0.05) is 24.7 Å². The van der Waals surface area contributed by atoms with Crippen molar-refractivity contribution in [3.05, 3.63) is 53.1 Å². The molecule has 36 heavy (non-hydrogen) atoms. The maximum absolute atomic E-state index is 14.8. The predicted molar refractivity (Wildman–Crippen MR) is 123 cm³/mol. The molecule has 0 saturated carbocycles. The summed E-state index contributed by atoms with van der Waals surface area (Å²) in [4.78, 5) is 25.0. The number of piperazine rings is 1. The van der Waals surface area contributed by atoms with Crippen LogP contribution in [0.1, 0.15) is 20.8 Å². The van der Waals surface area contributed by atoms with Gasteiger partial charge in [0.05, 0.1) is 4.90 Å². The lowest BCUT2D eigenvalue weighted by Gasteiger charge is -2.39. The van der Waals surface area contributed by atoms with Crippen molar-refractivity contribution in [3.8, 4) is 11.5 Å². The molecule has 0 radical (unpaired) electrons. The lowest BCUT2D eigenvalue weighted by atomic mass is 10.2. The Morgan fingerprint density at radius 3 is 2.22 bits per heavy atom. The highest BCUT2D eigenvalue weighted by molar-refractivity contribution is 7.89. The van der Waals surface area contributed by atoms with E-state index in [1.165, 1.54) is 29.7 Å². The Bertz CT molecular complexity index is 1230. The van der Waals surface area contributed by atoms with E-state index in [0.29, 0.717) is 21.5 Å². The fourth-order valence-corrected chi connectivity index (χ4v) is 5.09. The Kier molecular flexibility index (Phi) is 8.08. The van der Waals surface area contributed by atoms with E-state index in [4.69, 9.17) is 26.3 Å². The number of halogens is 3. The van der Waals surface area contributed by atoms with Crippen LogP contribution < -0.4 is 10.2 Å². The zero-order chi connectivity index (χ0) is 26.8. The largest absolute Gasteiger partial charge is 0.451 e. The highest BCUT2D eigenvalue weighted by Gasteiger charge is 2.42. The molecule has 0 bridgehead atoms. The molecule has 3 rings (SSSR count). The van der Waals surface area contributed by atoms with E-state index < -0.39 is 69.0 Å². The van der Waals surface area contributed by atoms with E-state index in [1.807, 2.05) is 0 Å². The first kappa shape index (κ1) is 27.6. The van der Waals surface area contributed by atoms with E-state index in [-0.39, 0.29) is 12.3 Å². The molecular weight excluding hydrogens is 524 g/mol. The van der Waals surface area contributed by atoms with Crippen LogP contribution in [-0.2, 0) is 19.6 Å². The second kappa shape index (κ2) is 10.5. The van der Waals surface area contributed by atoms with Gasteiger partial charge in [-0.05, 0) is 57.2 Å². The molecule has 1 fully saturated rings. The van der Waals surface area contributed by atoms with E-state index in [2.05, 4.69) is 0 Å². The Hall–Kier alpha value is -3.00. The van der Waals surface area contributed by atoms with Crippen LogP contribution in [0.25, 0.3) is 0 Å². The first-order valence-electron chi connectivity index (χ1n) is 10.6. The summed E-state index contributed by atoms with van der Waals surface area (Å²) in [6.45, 7) is 3.84. The smallest absolute Gasteiger partial charge is 0.410 e. The molecule has 2 N–H and O–H groups in total. The molecule has 14 heteroatoms. The minimum absolute atomic E-state index is 0.0609. The van der Waals surface area contributed by atoms with Crippen LogP contribution in [0.15, 0.2) is 41.3 Å². The third-order valence-electron chi connectivity index (χ3n) is 5.01. The van der Waals surface area contributed by atoms with Gasteiger partial charge in [0.2, 0.25) is 10.0 Å². The van der Waals surface area contributed by atoms with Gasteiger partial charge in [-0.1, -0.05) is 11.6 Å². The second-order valence-corrected chi connectivity index (χ2v) is 11.1. The minimum atomic E-state index is -4.66. The van der Waals surface area contributed by atoms with Crippen LogP contribution in [0.2, 0.25) is 5.02 Å². The maximum atomic E-state index is 14.8. The van der Waals surface area contributed by atoms with Crippen LogP contribution in [0.3, 0.4) is 0 Å². The number of ether oxygens (including phenoxy) is 2. The van der Waals surface area contributed by atoms with Crippen LogP contribution in [-0.4, -0.2) is 66.1 Å². The van der Waals surface area contributed by atoms with Gasteiger partial charge in [-0.25, -0.2) is 27.5 Å². The molecule has 196 valence electrons. The van der Waals surface area contributed by atoms with Gasteiger partial charge >= 0.3 is 6.09 Å². The number of carbonyl (C=O) groups is 2. The fourth-order valence-electron chi connectivity index (χ4n) is 3.37. The topological polar surface area (TPSA) is 125 Å². The molecule has 1 aliphatic heterocycles. The van der Waals surface area contributed by atoms with E-state index in [1.54, 1.807) is 20.8 Å². The highest BCUT2D eigenvalue weighted by Crippen LogP contribution is 2.32. The van der Waals surface area contributed by atoms with Gasteiger partial charge in [-0.15, -0.1) is 0 Å². The molecule has 0 aromatic heterocycles. The third-order valence-corrected chi connectivity index (χ3v) is 7.15. The Morgan fingerprint density at radius 1 is 1.11 bits per heavy atom. The number of rotatable bonds is 5. The first-order valence-corrected chi connectivity index (χ1v) is 12.4. The number of hydroxylamine groups is 1. The van der Waals surface area contributed by atoms with E-state index in [9.17, 15) is 26.8 Å². The highest BCUT2D eigenvalue weighted by atomic mass is 35.5. The molecule has 1 heterocycles. The van der Waals surface area contributed by atoms with Crippen molar-refractivity contribution < 1.29 is 41.5 Å². The summed E-state index contributed by atoms with van der Waals surface area (Å²) >= 11 is 5.77. The van der Waals surface area contributed by atoms with Gasteiger partial charge in [0.25, 0.3) is 5.91 Å². The zero-order valence-electron chi connectivity index (χ0n) is 19.5. The summed E-state index contributed by atoms with van der Waals surface area (Å²) < 4.78 is 67.2. The van der Waals surface area contributed by atoms with Crippen LogP contribution >= 0.6 is 11.6 Å². The van der Waals surface area contributed by atoms with Gasteiger partial charge < -0.3 is 14.4 Å². The Morgan fingerprint density at radius 2 is 1.69 bits per heavy atom. The van der Waals surface area contributed by atoms with E-state index >= 15 is 0 Å². The van der Waals surface area contributed by atoms with Crippen molar-refractivity contribution in [2.45, 2.75) is 37.3 Å². The molecule has 1 aliphatic rings. The standard InChI is InChI=1S/C22H24ClF2N3O7S/c1-22(2,3)35-21(30)27-8-9-28(18(12-27)20(29)26-31)36(32,33)15-10-16(24)19(17(25)11-15)34-14-6-4-13(23)5-7-14/h4-7,10-11,18,31H,8-9,12H2,1-3H3,(H,26,29)/t18-/m0/s1. The van der Waals surface area contributed by atoms with Crippen molar-refractivity contribution in [2.75, 3.05) is 19.6 Å². The van der Waals surface area contributed by atoms with Crippen LogP contribution in [0.5, 0.6) is 11.5 Å². The van der Waals surface area contributed by atoms with Crippen molar-refractivity contribution in [2.24, 2.45) is 0 Å². The average molecular weight is 548 g/mol. The molecule has 10 nitrogen and oxygen atoms in total. The fraction of sp³-hybridized carbons (Fsp3) is 0.364. The van der Waals surface area contributed by atoms with Crippen LogP contribution in [0, 0.1) is 11.6 Å². The molecule has 0 spiro atoms. The van der Waals surface area contributed by atoms with Crippen molar-refractivity contribution in [3.63, 3.8) is 0 Å². The lowest BCUT2D eigenvalue weighted by Crippen LogP contribution is -2.61. The molecule has 0 unspecified atom stereocenters. The minimum Gasteiger partial charge on any atom is -0.451 e. The Labute approximate surface area is 211 Å². The van der Waals surface area contributed by atoms with E-state index in [0.717, 1.165) is 4.90 Å². The van der Waals surface area contributed by atoms with Gasteiger partial charge in [0.1, 0.15) is 17.4 Å². The van der Waals surface area contributed by atoms with Crippen molar-refractivity contribution in [1.82, 2.24) is 14.7 Å². The normalized spacial score (nSPS) is 17.0. The Balaban J connectivity index is 1.89. The quantitative estimate of drug-likeness (QED) is 0.433.